The van der Waals surface area contributed by atoms with E-state index >= 15 is 0 Å². The largest absolute Gasteiger partial charge is 0.368 e. The number of hydrogen-bond acceptors (Lipinski definition) is 7. The van der Waals surface area contributed by atoms with Crippen molar-refractivity contribution in [1.82, 2.24) is 25.2 Å². The number of nitrogen functional groups attached to an aromatic ring is 2. The van der Waals surface area contributed by atoms with Gasteiger partial charge in [0.15, 0.2) is 0 Å². The minimum atomic E-state index is 0.178. The molecule has 0 saturated carbocycles. The van der Waals surface area contributed by atoms with Gasteiger partial charge in [0, 0.05) is 19.1 Å². The molecule has 7 nitrogen and oxygen atoms in total. The predicted molar refractivity (Wildman–Crippen MR) is 56.8 cm³/mol. The van der Waals surface area contributed by atoms with Gasteiger partial charge >= 0.3 is 0 Å². The summed E-state index contributed by atoms with van der Waals surface area (Å²) >= 11 is 0. The summed E-state index contributed by atoms with van der Waals surface area (Å²) in [4.78, 5) is 14.0. The highest BCUT2D eigenvalue weighted by atomic mass is 15.2. The Bertz CT molecular complexity index is 329. The molecule has 15 heavy (non-hydrogen) atoms. The van der Waals surface area contributed by atoms with E-state index in [4.69, 9.17) is 11.5 Å². The van der Waals surface area contributed by atoms with Crippen LogP contribution in [0.1, 0.15) is 5.82 Å². The Balaban J connectivity index is 2.02. The number of rotatable bonds is 3. The van der Waals surface area contributed by atoms with Crippen molar-refractivity contribution in [2.75, 3.05) is 31.6 Å². The summed E-state index contributed by atoms with van der Waals surface area (Å²) in [5.41, 5.74) is 11.0. The first kappa shape index (κ1) is 10.1. The quantitative estimate of drug-likeness (QED) is 0.552. The molecule has 1 fully saturated rings. The SMILES string of the molecule is CN(Cc1nc(N)nc(N)n1)C1CNC1. The lowest BCUT2D eigenvalue weighted by molar-refractivity contribution is 0.169. The Kier molecular flexibility index (Phi) is 2.65. The van der Waals surface area contributed by atoms with Gasteiger partial charge in [0.1, 0.15) is 5.82 Å². The molecule has 82 valence electrons. The van der Waals surface area contributed by atoms with E-state index in [-0.39, 0.29) is 11.9 Å². The molecule has 2 heterocycles. The highest BCUT2D eigenvalue weighted by Gasteiger charge is 2.22. The molecule has 0 unspecified atom stereocenters. The van der Waals surface area contributed by atoms with Crippen molar-refractivity contribution in [3.8, 4) is 0 Å². The average molecular weight is 209 g/mol. The zero-order valence-corrected chi connectivity index (χ0v) is 8.64. The molecule has 1 aliphatic heterocycles. The molecule has 1 saturated heterocycles. The van der Waals surface area contributed by atoms with Gasteiger partial charge in [0.2, 0.25) is 11.9 Å². The standard InChI is InChI=1S/C8H15N7/c1-15(5-2-11-3-5)4-6-12-7(9)14-8(10)13-6/h5,11H,2-4H2,1H3,(H4,9,10,12,13,14). The third kappa shape index (κ3) is 2.31. The molecule has 0 amide bonds. The van der Waals surface area contributed by atoms with Crippen molar-refractivity contribution in [2.24, 2.45) is 0 Å². The first-order valence-corrected chi connectivity index (χ1v) is 4.82. The fourth-order valence-corrected chi connectivity index (χ4v) is 1.46. The zero-order chi connectivity index (χ0) is 10.8. The van der Waals surface area contributed by atoms with Gasteiger partial charge in [-0.15, -0.1) is 0 Å². The summed E-state index contributed by atoms with van der Waals surface area (Å²) in [7, 11) is 2.03. The van der Waals surface area contributed by atoms with Gasteiger partial charge in [-0.25, -0.2) is 0 Å². The topological polar surface area (TPSA) is 106 Å². The van der Waals surface area contributed by atoms with E-state index in [9.17, 15) is 0 Å². The molecule has 0 aliphatic carbocycles. The molecule has 0 radical (unpaired) electrons. The normalized spacial score (nSPS) is 16.7. The van der Waals surface area contributed by atoms with E-state index in [0.29, 0.717) is 18.4 Å². The fourth-order valence-electron chi connectivity index (χ4n) is 1.46. The fraction of sp³-hybridized carbons (Fsp3) is 0.625. The minimum absolute atomic E-state index is 0.178. The molecule has 1 aromatic rings. The van der Waals surface area contributed by atoms with Crippen LogP contribution in [-0.2, 0) is 6.54 Å². The minimum Gasteiger partial charge on any atom is -0.368 e. The smallest absolute Gasteiger partial charge is 0.225 e. The molecule has 2 rings (SSSR count). The van der Waals surface area contributed by atoms with E-state index in [1.165, 1.54) is 0 Å². The van der Waals surface area contributed by atoms with Gasteiger partial charge in [-0.2, -0.15) is 15.0 Å². The first-order chi connectivity index (χ1) is 7.15. The van der Waals surface area contributed by atoms with Crippen LogP contribution in [0.3, 0.4) is 0 Å². The molecule has 0 atom stereocenters. The lowest BCUT2D eigenvalue weighted by Crippen LogP contribution is -2.55. The van der Waals surface area contributed by atoms with E-state index in [0.717, 1.165) is 13.1 Å². The lowest BCUT2D eigenvalue weighted by atomic mass is 10.1. The summed E-state index contributed by atoms with van der Waals surface area (Å²) in [6.07, 6.45) is 0. The molecule has 1 aromatic heterocycles. The van der Waals surface area contributed by atoms with Gasteiger partial charge in [0.25, 0.3) is 0 Å². The zero-order valence-electron chi connectivity index (χ0n) is 8.64. The van der Waals surface area contributed by atoms with E-state index in [1.54, 1.807) is 0 Å². The number of hydrogen-bond donors (Lipinski definition) is 3. The van der Waals surface area contributed by atoms with Gasteiger partial charge in [-0.1, -0.05) is 0 Å². The predicted octanol–water partition coefficient (Wildman–Crippen LogP) is -1.56. The Hall–Kier alpha value is -1.47. The second-order valence-electron chi connectivity index (χ2n) is 3.70. The van der Waals surface area contributed by atoms with Gasteiger partial charge in [-0.05, 0) is 7.05 Å². The third-order valence-electron chi connectivity index (χ3n) is 2.49. The van der Waals surface area contributed by atoms with Gasteiger partial charge < -0.3 is 16.8 Å². The van der Waals surface area contributed by atoms with Crippen molar-refractivity contribution in [1.29, 1.82) is 0 Å². The number of anilines is 2. The summed E-state index contributed by atoms with van der Waals surface area (Å²) < 4.78 is 0. The van der Waals surface area contributed by atoms with Crippen LogP contribution in [0.25, 0.3) is 0 Å². The summed E-state index contributed by atoms with van der Waals surface area (Å²) in [5.74, 6) is 0.977. The maximum atomic E-state index is 5.48. The second-order valence-corrected chi connectivity index (χ2v) is 3.70. The molecule has 1 aliphatic rings. The Labute approximate surface area is 87.9 Å². The van der Waals surface area contributed by atoms with Crippen molar-refractivity contribution < 1.29 is 0 Å². The summed E-state index contributed by atoms with van der Waals surface area (Å²) in [6.45, 7) is 2.66. The van der Waals surface area contributed by atoms with Crippen LogP contribution in [0.2, 0.25) is 0 Å². The van der Waals surface area contributed by atoms with Gasteiger partial charge in [-0.3, -0.25) is 4.90 Å². The maximum Gasteiger partial charge on any atom is 0.225 e. The summed E-state index contributed by atoms with van der Waals surface area (Å²) in [5, 5.41) is 3.21. The number of nitrogens with two attached hydrogens (primary N) is 2. The highest BCUT2D eigenvalue weighted by molar-refractivity contribution is 5.25. The molecule has 0 bridgehead atoms. The first-order valence-electron chi connectivity index (χ1n) is 4.82. The van der Waals surface area contributed by atoms with Crippen molar-refractivity contribution in [2.45, 2.75) is 12.6 Å². The van der Waals surface area contributed by atoms with Crippen LogP contribution in [0.15, 0.2) is 0 Å². The van der Waals surface area contributed by atoms with Crippen LogP contribution >= 0.6 is 0 Å². The number of nitrogens with zero attached hydrogens (tertiary/aromatic N) is 4. The summed E-state index contributed by atoms with van der Waals surface area (Å²) in [6, 6.07) is 0.546. The average Bonchev–Trinajstić information content (AvgIpc) is 1.96. The molecule has 0 aromatic carbocycles. The Morgan fingerprint density at radius 3 is 2.33 bits per heavy atom. The monoisotopic (exact) mass is 209 g/mol. The molecule has 5 N–H and O–H groups in total. The molecular weight excluding hydrogens is 194 g/mol. The third-order valence-corrected chi connectivity index (χ3v) is 2.49. The molecule has 7 heteroatoms. The maximum absolute atomic E-state index is 5.48. The van der Waals surface area contributed by atoms with Crippen molar-refractivity contribution in [3.05, 3.63) is 5.82 Å². The van der Waals surface area contributed by atoms with Crippen molar-refractivity contribution >= 4 is 11.9 Å². The highest BCUT2D eigenvalue weighted by Crippen LogP contribution is 2.07. The van der Waals surface area contributed by atoms with Crippen LogP contribution in [0, 0.1) is 0 Å². The Morgan fingerprint density at radius 2 is 1.87 bits per heavy atom. The second kappa shape index (κ2) is 3.95. The van der Waals surface area contributed by atoms with Crippen LogP contribution in [0.4, 0.5) is 11.9 Å². The van der Waals surface area contributed by atoms with E-state index in [2.05, 4.69) is 25.2 Å². The van der Waals surface area contributed by atoms with Crippen LogP contribution in [-0.4, -0.2) is 46.0 Å². The number of aromatic nitrogens is 3. The number of likely N-dealkylation sites (N-methyl/N-ethyl adjacent to an activating group) is 1. The Morgan fingerprint density at radius 1 is 1.27 bits per heavy atom. The van der Waals surface area contributed by atoms with Gasteiger partial charge in [0.05, 0.1) is 6.54 Å². The van der Waals surface area contributed by atoms with Crippen molar-refractivity contribution in [3.63, 3.8) is 0 Å². The van der Waals surface area contributed by atoms with Crippen LogP contribution in [0.5, 0.6) is 0 Å². The van der Waals surface area contributed by atoms with E-state index in [1.807, 2.05) is 7.05 Å². The lowest BCUT2D eigenvalue weighted by Gasteiger charge is -2.35. The molecule has 0 spiro atoms. The molecular formula is C8H15N7. The van der Waals surface area contributed by atoms with E-state index < -0.39 is 0 Å². The van der Waals surface area contributed by atoms with Crippen LogP contribution < -0.4 is 16.8 Å². The number of nitrogens with one attached hydrogen (secondary N) is 1.